The second-order valence-electron chi connectivity index (χ2n) is 6.43. The summed E-state index contributed by atoms with van der Waals surface area (Å²) in [4.78, 5) is 18.2. The summed E-state index contributed by atoms with van der Waals surface area (Å²) in [5, 5.41) is 12.5. The van der Waals surface area contributed by atoms with E-state index in [1.54, 1.807) is 19.1 Å². The average molecular weight is 450 g/mol. The zero-order valence-electron chi connectivity index (χ0n) is 14.9. The van der Waals surface area contributed by atoms with Crippen molar-refractivity contribution in [3.63, 3.8) is 0 Å². The van der Waals surface area contributed by atoms with Gasteiger partial charge in [0.25, 0.3) is 5.92 Å². The standard InChI is InChI=1S/C17H18ClF2N3O3S2/c1-2-23(13(24)5-7-28(26)10-12-8-17(12,19)20)16-14(18)21-15(27-16)11-4-3-6-22(25)9-11/h3-4,6,9,12H,2,5,7-8,10H2,1H3. The summed E-state index contributed by atoms with van der Waals surface area (Å²) in [6.07, 6.45) is 2.44. The van der Waals surface area contributed by atoms with Crippen molar-refractivity contribution in [2.45, 2.75) is 25.7 Å². The zero-order chi connectivity index (χ0) is 20.5. The molecule has 1 fully saturated rings. The van der Waals surface area contributed by atoms with Gasteiger partial charge in [0.1, 0.15) is 21.5 Å². The van der Waals surface area contributed by atoms with Crippen LogP contribution in [0.25, 0.3) is 10.6 Å². The summed E-state index contributed by atoms with van der Waals surface area (Å²) in [6, 6.07) is 3.29. The third-order valence-electron chi connectivity index (χ3n) is 4.34. The Morgan fingerprint density at radius 1 is 1.57 bits per heavy atom. The van der Waals surface area contributed by atoms with Crippen molar-refractivity contribution in [1.82, 2.24) is 4.98 Å². The molecular weight excluding hydrogens is 432 g/mol. The van der Waals surface area contributed by atoms with Crippen molar-refractivity contribution in [2.75, 3.05) is 23.0 Å². The molecule has 1 saturated carbocycles. The van der Waals surface area contributed by atoms with Crippen molar-refractivity contribution in [3.05, 3.63) is 34.9 Å². The highest BCUT2D eigenvalue weighted by atomic mass is 35.5. The highest BCUT2D eigenvalue weighted by Gasteiger charge is 2.58. The molecular formula is C17H18ClF2N3O3S2. The monoisotopic (exact) mass is 449 g/mol. The topological polar surface area (TPSA) is 83.2 Å². The molecule has 6 nitrogen and oxygen atoms in total. The molecule has 2 unspecified atom stereocenters. The Morgan fingerprint density at radius 3 is 2.89 bits per heavy atom. The van der Waals surface area contributed by atoms with Crippen LogP contribution in [0.4, 0.5) is 13.8 Å². The summed E-state index contributed by atoms with van der Waals surface area (Å²) < 4.78 is 38.4. The number of rotatable bonds is 8. The number of carbonyl (C=O) groups excluding carboxylic acids is 1. The van der Waals surface area contributed by atoms with Crippen LogP contribution in [0.5, 0.6) is 0 Å². The molecule has 1 aliphatic carbocycles. The second kappa shape index (κ2) is 8.48. The van der Waals surface area contributed by atoms with Crippen LogP contribution in [0.2, 0.25) is 5.15 Å². The highest BCUT2D eigenvalue weighted by Crippen LogP contribution is 2.49. The molecule has 1 aliphatic rings. The lowest BCUT2D eigenvalue weighted by atomic mass is 10.3. The highest BCUT2D eigenvalue weighted by molar-refractivity contribution is 7.91. The lowest BCUT2D eigenvalue weighted by Gasteiger charge is -2.19. The van der Waals surface area contributed by atoms with Crippen LogP contribution in [-0.2, 0) is 16.0 Å². The van der Waals surface area contributed by atoms with Gasteiger partial charge in [-0.1, -0.05) is 34.1 Å². The van der Waals surface area contributed by atoms with E-state index in [1.165, 1.54) is 28.6 Å². The first-order chi connectivity index (χ1) is 13.2. The van der Waals surface area contributed by atoms with Gasteiger partial charge >= 0.3 is 0 Å². The lowest BCUT2D eigenvalue weighted by Crippen LogP contribution is -2.32. The van der Waals surface area contributed by atoms with Crippen LogP contribution in [0.3, 0.4) is 0 Å². The molecule has 3 rings (SSSR count). The van der Waals surface area contributed by atoms with Gasteiger partial charge in [0, 0.05) is 19.0 Å². The first kappa shape index (κ1) is 21.2. The van der Waals surface area contributed by atoms with Gasteiger partial charge in [0.2, 0.25) is 5.91 Å². The minimum Gasteiger partial charge on any atom is -0.619 e. The molecule has 2 aromatic rings. The smallest absolute Gasteiger partial charge is 0.256 e. The van der Waals surface area contributed by atoms with Crippen LogP contribution in [0, 0.1) is 11.1 Å². The molecule has 0 aromatic carbocycles. The van der Waals surface area contributed by atoms with E-state index in [-0.39, 0.29) is 35.4 Å². The van der Waals surface area contributed by atoms with Crippen molar-refractivity contribution < 1.29 is 22.9 Å². The Kier molecular flexibility index (Phi) is 6.43. The van der Waals surface area contributed by atoms with Gasteiger partial charge in [-0.05, 0) is 13.0 Å². The van der Waals surface area contributed by atoms with E-state index in [1.807, 2.05) is 0 Å². The van der Waals surface area contributed by atoms with E-state index in [2.05, 4.69) is 4.98 Å². The van der Waals surface area contributed by atoms with Crippen LogP contribution in [0.15, 0.2) is 24.5 Å². The number of halogens is 3. The molecule has 2 heterocycles. The normalized spacial score (nSPS) is 18.7. The van der Waals surface area contributed by atoms with Crippen LogP contribution < -0.4 is 9.63 Å². The Hall–Kier alpha value is -1.49. The van der Waals surface area contributed by atoms with E-state index in [9.17, 15) is 23.3 Å². The largest absolute Gasteiger partial charge is 0.619 e. The first-order valence-corrected chi connectivity index (χ1v) is 11.3. The second-order valence-corrected chi connectivity index (χ2v) is 9.38. The average Bonchev–Trinajstić information content (AvgIpc) is 3.05. The van der Waals surface area contributed by atoms with Gasteiger partial charge in [-0.2, -0.15) is 4.73 Å². The predicted molar refractivity (Wildman–Crippen MR) is 105 cm³/mol. The quantitative estimate of drug-likeness (QED) is 0.352. The molecule has 152 valence electrons. The van der Waals surface area contributed by atoms with Crippen LogP contribution in [0.1, 0.15) is 19.8 Å². The van der Waals surface area contributed by atoms with E-state index >= 15 is 0 Å². The Balaban J connectivity index is 1.64. The number of hydrogen-bond donors (Lipinski definition) is 0. The summed E-state index contributed by atoms with van der Waals surface area (Å²) in [5.41, 5.74) is 0.575. The zero-order valence-corrected chi connectivity index (χ0v) is 17.3. The fourth-order valence-electron chi connectivity index (χ4n) is 2.69. The number of hydrogen-bond acceptors (Lipinski definition) is 5. The molecule has 0 N–H and O–H groups in total. The maximum Gasteiger partial charge on any atom is 0.256 e. The molecule has 2 aromatic heterocycles. The number of anilines is 1. The molecule has 0 spiro atoms. The number of nitrogens with zero attached hydrogens (tertiary/aromatic N) is 3. The summed E-state index contributed by atoms with van der Waals surface area (Å²) in [5.74, 6) is -3.90. The van der Waals surface area contributed by atoms with E-state index in [4.69, 9.17) is 11.6 Å². The van der Waals surface area contributed by atoms with E-state index < -0.39 is 23.0 Å². The van der Waals surface area contributed by atoms with Gasteiger partial charge in [-0.25, -0.2) is 13.8 Å². The van der Waals surface area contributed by atoms with Crippen molar-refractivity contribution in [1.29, 1.82) is 0 Å². The van der Waals surface area contributed by atoms with E-state index in [0.717, 1.165) is 0 Å². The molecule has 11 heteroatoms. The Labute approximate surface area is 172 Å². The Bertz CT molecular complexity index is 868. The minimum atomic E-state index is -2.71. The van der Waals surface area contributed by atoms with Gasteiger partial charge < -0.3 is 14.7 Å². The third-order valence-corrected chi connectivity index (χ3v) is 7.28. The molecule has 2 atom stereocenters. The summed E-state index contributed by atoms with van der Waals surface area (Å²) in [7, 11) is 0. The summed E-state index contributed by atoms with van der Waals surface area (Å²) >= 11 is 5.90. The van der Waals surface area contributed by atoms with Crippen LogP contribution >= 0.6 is 22.9 Å². The molecule has 28 heavy (non-hydrogen) atoms. The van der Waals surface area contributed by atoms with Crippen molar-refractivity contribution in [3.8, 4) is 10.6 Å². The number of aromatic nitrogens is 2. The van der Waals surface area contributed by atoms with Crippen molar-refractivity contribution in [2.24, 2.45) is 5.92 Å². The third kappa shape index (κ3) is 4.91. The van der Waals surface area contributed by atoms with Crippen molar-refractivity contribution >= 4 is 45.0 Å². The maximum atomic E-state index is 12.9. The van der Waals surface area contributed by atoms with Gasteiger partial charge in [0.15, 0.2) is 17.5 Å². The lowest BCUT2D eigenvalue weighted by molar-refractivity contribution is -0.604. The first-order valence-electron chi connectivity index (χ1n) is 8.60. The number of amides is 1. The minimum absolute atomic E-state index is 0.0278. The van der Waals surface area contributed by atoms with Crippen LogP contribution in [-0.4, -0.2) is 39.4 Å². The molecule has 1 amide bonds. The number of carbonyl (C=O) groups is 1. The molecule has 0 bridgehead atoms. The molecule has 0 radical (unpaired) electrons. The molecule has 0 aliphatic heterocycles. The Morgan fingerprint density at radius 2 is 2.29 bits per heavy atom. The van der Waals surface area contributed by atoms with Gasteiger partial charge in [-0.15, -0.1) is 0 Å². The fraction of sp³-hybridized carbons (Fsp3) is 0.471. The predicted octanol–water partition coefficient (Wildman–Crippen LogP) is 3.24. The number of thiazole rings is 1. The van der Waals surface area contributed by atoms with Gasteiger partial charge in [-0.3, -0.25) is 4.79 Å². The number of alkyl halides is 2. The maximum absolute atomic E-state index is 12.9. The molecule has 0 saturated heterocycles. The SMILES string of the molecule is CCN(C(=O)CC[S+]([O-])CC1CC1(F)F)c1sc(-c2ccc[n+]([O-])c2)nc1Cl. The van der Waals surface area contributed by atoms with E-state index in [0.29, 0.717) is 26.8 Å². The van der Waals surface area contributed by atoms with Gasteiger partial charge in [0.05, 0.1) is 17.9 Å². The summed E-state index contributed by atoms with van der Waals surface area (Å²) in [6.45, 7) is 2.09. The number of pyridine rings is 1. The fourth-order valence-corrected chi connectivity index (χ4v) is 5.45.